The Morgan fingerprint density at radius 1 is 1.21 bits per heavy atom. The predicted molar refractivity (Wildman–Crippen MR) is 78.4 cm³/mol. The zero-order valence-corrected chi connectivity index (χ0v) is 14.5. The van der Waals surface area contributed by atoms with Gasteiger partial charge in [-0.25, -0.2) is 9.18 Å². The van der Waals surface area contributed by atoms with Crippen molar-refractivity contribution in [1.82, 2.24) is 5.12 Å². The molecule has 0 fully saturated rings. The number of carbonyl (C=O) groups is 1. The first-order valence-corrected chi connectivity index (χ1v) is 9.19. The van der Waals surface area contributed by atoms with Gasteiger partial charge in [-0.2, -0.15) is 13.2 Å². The summed E-state index contributed by atoms with van der Waals surface area (Å²) in [4.78, 5) is 21.9. The van der Waals surface area contributed by atoms with Crippen LogP contribution in [0.15, 0.2) is 18.2 Å². The highest BCUT2D eigenvalue weighted by atomic mass is 28.4. The van der Waals surface area contributed by atoms with Crippen LogP contribution in [0.5, 0.6) is 5.75 Å². The number of hydrogen-bond acceptors (Lipinski definition) is 3. The quantitative estimate of drug-likeness (QED) is 0.358. The number of nitrogens with zero attached hydrogens (tertiary/aromatic N) is 1. The third-order valence-electron chi connectivity index (χ3n) is 3.76. The first-order chi connectivity index (χ1) is 10.9. The monoisotopic (exact) mass is 371 g/mol. The first kappa shape index (κ1) is 20.4. The minimum atomic E-state index is -4.65. The van der Waals surface area contributed by atoms with E-state index in [-0.39, 0.29) is 0 Å². The highest BCUT2D eigenvalue weighted by Gasteiger charge is 2.66. The van der Waals surface area contributed by atoms with Crippen molar-refractivity contribution in [1.29, 1.82) is 0 Å². The molecule has 0 radical (unpaired) electrons. The fourth-order valence-corrected chi connectivity index (χ4v) is 5.46. The third kappa shape index (κ3) is 3.39. The lowest BCUT2D eigenvalue weighted by Crippen LogP contribution is -2.65. The summed E-state index contributed by atoms with van der Waals surface area (Å²) in [5, 5.41) is -1.55. The highest BCUT2D eigenvalue weighted by molar-refractivity contribution is 6.77. The fourth-order valence-electron chi connectivity index (χ4n) is 2.33. The smallest absolute Gasteiger partial charge is 0.425 e. The number of benzene rings is 1. The van der Waals surface area contributed by atoms with Gasteiger partial charge in [0.1, 0.15) is 0 Å². The van der Waals surface area contributed by atoms with E-state index in [2.05, 4.69) is 4.74 Å². The Morgan fingerprint density at radius 3 is 2.17 bits per heavy atom. The van der Waals surface area contributed by atoms with E-state index >= 15 is 0 Å². The van der Waals surface area contributed by atoms with Crippen LogP contribution in [0.1, 0.15) is 27.7 Å². The van der Waals surface area contributed by atoms with Gasteiger partial charge in [0.05, 0.1) is 0 Å². The molecule has 1 N–H and O–H groups in total. The number of ether oxygens (including phenoxy) is 1. The molecule has 24 heavy (non-hydrogen) atoms. The summed E-state index contributed by atoms with van der Waals surface area (Å²) in [7, 11) is -4.65. The van der Waals surface area contributed by atoms with Crippen LogP contribution in [0.3, 0.4) is 0 Å². The van der Waals surface area contributed by atoms with Crippen molar-refractivity contribution in [2.45, 2.75) is 44.4 Å². The van der Waals surface area contributed by atoms with Crippen LogP contribution in [0.4, 0.5) is 26.8 Å². The van der Waals surface area contributed by atoms with Crippen molar-refractivity contribution in [3.63, 3.8) is 0 Å². The SMILES string of the molecule is CC(C)[Si](O)(C(C)C)C(F)(F)N(F)C(=O)Oc1cccc(F)c1F. The van der Waals surface area contributed by atoms with Crippen molar-refractivity contribution >= 4 is 14.4 Å². The van der Waals surface area contributed by atoms with E-state index in [0.29, 0.717) is 6.07 Å². The van der Waals surface area contributed by atoms with E-state index in [1.54, 1.807) is 0 Å². The maximum absolute atomic E-state index is 14.4. The molecule has 0 bridgehead atoms. The van der Waals surface area contributed by atoms with Gasteiger partial charge in [0, 0.05) is 0 Å². The van der Waals surface area contributed by atoms with Gasteiger partial charge in [-0.05, 0) is 23.2 Å². The van der Waals surface area contributed by atoms with Crippen LogP contribution in [0, 0.1) is 11.6 Å². The number of carbonyl (C=O) groups excluding carboxylic acids is 1. The van der Waals surface area contributed by atoms with Crippen LogP contribution in [-0.2, 0) is 0 Å². The molecule has 0 saturated heterocycles. The van der Waals surface area contributed by atoms with E-state index < -0.39 is 53.7 Å². The second kappa shape index (κ2) is 7.05. The van der Waals surface area contributed by atoms with E-state index in [4.69, 9.17) is 0 Å². The van der Waals surface area contributed by atoms with E-state index in [1.807, 2.05) is 0 Å². The Hall–Kier alpha value is -1.68. The lowest BCUT2D eigenvalue weighted by molar-refractivity contribution is -0.167. The van der Waals surface area contributed by atoms with Gasteiger partial charge in [-0.15, -0.1) is 0 Å². The Kier molecular flexibility index (Phi) is 5.99. The molecular weight excluding hydrogens is 353 g/mol. The summed E-state index contributed by atoms with van der Waals surface area (Å²) in [5.74, 6) is -4.06. The Bertz CT molecular complexity index is 604. The van der Waals surface area contributed by atoms with Gasteiger partial charge in [0.25, 0.3) is 0 Å². The lowest BCUT2D eigenvalue weighted by Gasteiger charge is -2.40. The number of alkyl halides is 2. The van der Waals surface area contributed by atoms with Crippen LogP contribution >= 0.6 is 0 Å². The van der Waals surface area contributed by atoms with Crippen molar-refractivity contribution in [2.24, 2.45) is 0 Å². The minimum Gasteiger partial charge on any atom is -0.425 e. The van der Waals surface area contributed by atoms with Gasteiger partial charge in [-0.3, -0.25) is 0 Å². The first-order valence-electron chi connectivity index (χ1n) is 7.09. The molecule has 0 spiro atoms. The second-order valence-corrected chi connectivity index (χ2v) is 10.4. The summed E-state index contributed by atoms with van der Waals surface area (Å²) in [6.07, 6.45) is -2.25. The van der Waals surface area contributed by atoms with E-state index in [1.165, 1.54) is 27.7 Å². The average molecular weight is 371 g/mol. The molecule has 0 aliphatic carbocycles. The van der Waals surface area contributed by atoms with Crippen LogP contribution < -0.4 is 4.74 Å². The molecule has 0 unspecified atom stereocenters. The molecular formula is C14H18F5NO3Si. The molecule has 0 saturated carbocycles. The van der Waals surface area contributed by atoms with Crippen LogP contribution in [0.25, 0.3) is 0 Å². The normalized spacial score (nSPS) is 12.7. The summed E-state index contributed by atoms with van der Waals surface area (Å²) >= 11 is 0. The lowest BCUT2D eigenvalue weighted by atomic mass is 10.3. The molecule has 1 rings (SSSR count). The number of hydrogen-bond donors (Lipinski definition) is 1. The summed E-state index contributed by atoms with van der Waals surface area (Å²) in [6, 6.07) is 2.43. The van der Waals surface area contributed by atoms with Crippen molar-refractivity contribution in [3.05, 3.63) is 29.8 Å². The summed E-state index contributed by atoms with van der Waals surface area (Å²) < 4.78 is 73.3. The fraction of sp³-hybridized carbons (Fsp3) is 0.500. The van der Waals surface area contributed by atoms with E-state index in [9.17, 15) is 31.6 Å². The van der Waals surface area contributed by atoms with Crippen molar-refractivity contribution in [3.8, 4) is 5.75 Å². The molecule has 10 heteroatoms. The van der Waals surface area contributed by atoms with Crippen LogP contribution in [0.2, 0.25) is 11.1 Å². The minimum absolute atomic E-state index is 0.706. The average Bonchev–Trinajstić information content (AvgIpc) is 2.49. The van der Waals surface area contributed by atoms with Crippen molar-refractivity contribution in [2.75, 3.05) is 0 Å². The molecule has 1 aromatic rings. The maximum Gasteiger partial charge on any atom is 0.448 e. The summed E-state index contributed by atoms with van der Waals surface area (Å²) in [5.41, 5.74) is -6.52. The standard InChI is InChI=1S/C14H18F5NO3Si/c1-8(2)24(22,9(3)4)14(17,18)20(19)13(21)23-11-7-5-6-10(15)12(11)16/h5-9,22H,1-4H3. The molecule has 0 aliphatic heterocycles. The molecule has 0 heterocycles. The van der Waals surface area contributed by atoms with E-state index in [0.717, 1.165) is 12.1 Å². The van der Waals surface area contributed by atoms with Crippen molar-refractivity contribution < 1.29 is 36.4 Å². The summed E-state index contributed by atoms with van der Waals surface area (Å²) in [6.45, 7) is 5.13. The number of halogens is 5. The molecule has 0 aromatic heterocycles. The van der Waals surface area contributed by atoms with Crippen LogP contribution in [-0.4, -0.2) is 30.0 Å². The topological polar surface area (TPSA) is 49.8 Å². The molecule has 1 amide bonds. The van der Waals surface area contributed by atoms with Gasteiger partial charge >= 0.3 is 20.1 Å². The Balaban J connectivity index is 3.12. The molecule has 4 nitrogen and oxygen atoms in total. The van der Waals surface area contributed by atoms with Gasteiger partial charge in [0.15, 0.2) is 11.6 Å². The highest BCUT2D eigenvalue weighted by Crippen LogP contribution is 2.44. The number of amides is 1. The molecule has 136 valence electrons. The van der Waals surface area contributed by atoms with Gasteiger partial charge in [-0.1, -0.05) is 43.4 Å². The zero-order chi connectivity index (χ0) is 18.9. The number of rotatable bonds is 5. The third-order valence-corrected chi connectivity index (χ3v) is 8.44. The molecule has 1 aromatic carbocycles. The molecule has 0 atom stereocenters. The maximum atomic E-state index is 14.4. The molecule has 0 aliphatic rings. The Labute approximate surface area is 136 Å². The largest absolute Gasteiger partial charge is 0.448 e. The second-order valence-electron chi connectivity index (χ2n) is 5.88. The van der Waals surface area contributed by atoms with Gasteiger partial charge in [0.2, 0.25) is 5.82 Å². The van der Waals surface area contributed by atoms with Gasteiger partial charge < -0.3 is 9.53 Å². The Morgan fingerprint density at radius 2 is 1.71 bits per heavy atom. The zero-order valence-electron chi connectivity index (χ0n) is 13.5. The predicted octanol–water partition coefficient (Wildman–Crippen LogP) is 4.54.